The number of carbonyl (C=O) groups is 1. The first kappa shape index (κ1) is 13.6. The summed E-state index contributed by atoms with van der Waals surface area (Å²) in [7, 11) is 2.98. The van der Waals surface area contributed by atoms with Gasteiger partial charge in [0.25, 0.3) is 0 Å². The van der Waals surface area contributed by atoms with Crippen molar-refractivity contribution in [2.45, 2.75) is 13.8 Å². The zero-order chi connectivity index (χ0) is 13.0. The summed E-state index contributed by atoms with van der Waals surface area (Å²) in [6, 6.07) is 3.26. The molecule has 5 heteroatoms. The molecule has 5 nitrogen and oxygen atoms in total. The van der Waals surface area contributed by atoms with Gasteiger partial charge in [0.05, 0.1) is 12.7 Å². The van der Waals surface area contributed by atoms with Gasteiger partial charge in [-0.05, 0) is 25.5 Å². The van der Waals surface area contributed by atoms with Crippen LogP contribution >= 0.6 is 0 Å². The van der Waals surface area contributed by atoms with E-state index in [1.807, 2.05) is 6.92 Å². The van der Waals surface area contributed by atoms with Crippen LogP contribution in [0.4, 0.5) is 5.69 Å². The van der Waals surface area contributed by atoms with E-state index < -0.39 is 0 Å². The third-order valence-corrected chi connectivity index (χ3v) is 2.49. The smallest absolute Gasteiger partial charge is 0.185 e. The highest BCUT2D eigenvalue weighted by molar-refractivity contribution is 5.98. The standard InChI is InChI=1S/C12H17NO4/c1-8-5-11(13(15)7-16-3)10(9(2)14)6-12(8)17-4/h5-6,13H,7H2,1-4H3. The van der Waals surface area contributed by atoms with Gasteiger partial charge in [0, 0.05) is 13.2 Å². The molecule has 1 N–H and O–H groups in total. The van der Waals surface area contributed by atoms with E-state index in [0.29, 0.717) is 17.0 Å². The first-order valence-corrected chi connectivity index (χ1v) is 5.23. The molecule has 1 aromatic carbocycles. The molecule has 0 saturated carbocycles. The summed E-state index contributed by atoms with van der Waals surface area (Å²) in [6.45, 7) is 3.21. The molecular weight excluding hydrogens is 222 g/mol. The normalized spacial score (nSPS) is 12.3. The summed E-state index contributed by atoms with van der Waals surface area (Å²) in [5.74, 6) is 0.437. The molecule has 1 rings (SSSR count). The van der Waals surface area contributed by atoms with Gasteiger partial charge in [-0.3, -0.25) is 4.79 Å². The lowest BCUT2D eigenvalue weighted by Gasteiger charge is -2.23. The molecule has 1 aromatic rings. The zero-order valence-electron chi connectivity index (χ0n) is 10.5. The second kappa shape index (κ2) is 5.77. The number of quaternary nitrogens is 1. The van der Waals surface area contributed by atoms with Crippen LogP contribution in [0.2, 0.25) is 0 Å². The topological polar surface area (TPSA) is 63.0 Å². The lowest BCUT2D eigenvalue weighted by atomic mass is 10.1. The Hall–Kier alpha value is -1.43. The molecular formula is C12H17NO4. The number of methoxy groups -OCH3 is 2. The molecule has 0 amide bonds. The van der Waals surface area contributed by atoms with Crippen molar-refractivity contribution in [2.24, 2.45) is 0 Å². The van der Waals surface area contributed by atoms with Crippen LogP contribution < -0.4 is 9.80 Å². The van der Waals surface area contributed by atoms with E-state index in [9.17, 15) is 10.0 Å². The Balaban J connectivity index is 3.27. The Kier molecular flexibility index (Phi) is 4.62. The minimum Gasteiger partial charge on any atom is -0.627 e. The molecule has 0 aliphatic rings. The zero-order valence-corrected chi connectivity index (χ0v) is 10.5. The molecule has 0 saturated heterocycles. The minimum atomic E-state index is -0.205. The summed E-state index contributed by atoms with van der Waals surface area (Å²) >= 11 is 0. The SMILES string of the molecule is COC[NH+]([O-])c1cc(C)c(OC)cc1C(C)=O. The predicted octanol–water partition coefficient (Wildman–Crippen LogP) is 0.824. The maximum atomic E-state index is 11.8. The highest BCUT2D eigenvalue weighted by atomic mass is 16.6. The molecule has 17 heavy (non-hydrogen) atoms. The van der Waals surface area contributed by atoms with Gasteiger partial charge in [-0.25, -0.2) is 0 Å². The quantitative estimate of drug-likeness (QED) is 0.469. The van der Waals surface area contributed by atoms with Crippen molar-refractivity contribution in [1.29, 1.82) is 0 Å². The summed E-state index contributed by atoms with van der Waals surface area (Å²) < 4.78 is 9.93. The number of hydrogen-bond donors (Lipinski definition) is 1. The van der Waals surface area contributed by atoms with E-state index in [0.717, 1.165) is 5.56 Å². The van der Waals surface area contributed by atoms with Gasteiger partial charge in [-0.1, -0.05) is 0 Å². The van der Waals surface area contributed by atoms with Crippen LogP contribution in [0.5, 0.6) is 5.75 Å². The van der Waals surface area contributed by atoms with Gasteiger partial charge in [-0.2, -0.15) is 0 Å². The number of nitrogens with one attached hydrogen (secondary N) is 1. The number of aryl methyl sites for hydroxylation is 1. The van der Waals surface area contributed by atoms with E-state index in [1.54, 1.807) is 12.1 Å². The summed E-state index contributed by atoms with van der Waals surface area (Å²) in [5, 5.41) is 11.6. The van der Waals surface area contributed by atoms with Crippen LogP contribution in [0.25, 0.3) is 0 Å². The van der Waals surface area contributed by atoms with Crippen LogP contribution in [-0.4, -0.2) is 26.7 Å². The Labute approximate surface area is 101 Å². The largest absolute Gasteiger partial charge is 0.627 e. The predicted molar refractivity (Wildman–Crippen MR) is 63.6 cm³/mol. The van der Waals surface area contributed by atoms with Gasteiger partial charge in [-0.15, -0.1) is 0 Å². The highest BCUT2D eigenvalue weighted by Crippen LogP contribution is 2.24. The molecule has 0 fully saturated rings. The average molecular weight is 239 g/mol. The van der Waals surface area contributed by atoms with Crippen molar-refractivity contribution in [3.8, 4) is 5.75 Å². The lowest BCUT2D eigenvalue weighted by Crippen LogP contribution is -3.02. The van der Waals surface area contributed by atoms with Crippen LogP contribution in [0.15, 0.2) is 12.1 Å². The number of carbonyl (C=O) groups excluding carboxylic acids is 1. The molecule has 0 bridgehead atoms. The number of benzene rings is 1. The lowest BCUT2D eigenvalue weighted by molar-refractivity contribution is -0.801. The van der Waals surface area contributed by atoms with E-state index in [4.69, 9.17) is 9.47 Å². The molecule has 94 valence electrons. The number of ketones is 1. The molecule has 0 aliphatic heterocycles. The maximum absolute atomic E-state index is 11.8. The van der Waals surface area contributed by atoms with E-state index in [-0.39, 0.29) is 17.6 Å². The first-order valence-electron chi connectivity index (χ1n) is 5.23. The summed E-state index contributed by atoms with van der Waals surface area (Å²) in [5.41, 5.74) is 1.57. The average Bonchev–Trinajstić information content (AvgIpc) is 2.28. The van der Waals surface area contributed by atoms with Crippen molar-refractivity contribution in [3.63, 3.8) is 0 Å². The monoisotopic (exact) mass is 239 g/mol. The first-order chi connectivity index (χ1) is 8.01. The van der Waals surface area contributed by atoms with E-state index >= 15 is 0 Å². The third kappa shape index (κ3) is 3.03. The summed E-state index contributed by atoms with van der Waals surface area (Å²) in [4.78, 5) is 11.5. The molecule has 1 unspecified atom stereocenters. The van der Waals surface area contributed by atoms with E-state index in [2.05, 4.69) is 0 Å². The van der Waals surface area contributed by atoms with Gasteiger partial charge >= 0.3 is 0 Å². The van der Waals surface area contributed by atoms with Gasteiger partial charge < -0.3 is 19.7 Å². The molecule has 0 spiro atoms. The Bertz CT molecular complexity index is 417. The van der Waals surface area contributed by atoms with E-state index in [1.165, 1.54) is 21.1 Å². The van der Waals surface area contributed by atoms with Crippen molar-refractivity contribution in [3.05, 3.63) is 28.5 Å². The van der Waals surface area contributed by atoms with Crippen molar-refractivity contribution >= 4 is 11.5 Å². The van der Waals surface area contributed by atoms with Crippen LogP contribution in [0, 0.1) is 12.1 Å². The molecule has 0 radical (unpaired) electrons. The number of hydrogen-bond acceptors (Lipinski definition) is 4. The number of hydroxylamine groups is 1. The molecule has 0 heterocycles. The molecule has 1 atom stereocenters. The second-order valence-electron chi connectivity index (χ2n) is 3.78. The van der Waals surface area contributed by atoms with Crippen LogP contribution in [0.3, 0.4) is 0 Å². The van der Waals surface area contributed by atoms with Crippen LogP contribution in [-0.2, 0) is 4.74 Å². The fourth-order valence-electron chi connectivity index (χ4n) is 1.64. The Morgan fingerprint density at radius 1 is 1.41 bits per heavy atom. The van der Waals surface area contributed by atoms with Crippen LogP contribution in [0.1, 0.15) is 22.8 Å². The third-order valence-electron chi connectivity index (χ3n) is 2.49. The maximum Gasteiger partial charge on any atom is 0.185 e. The van der Waals surface area contributed by atoms with Gasteiger partial charge in [0.1, 0.15) is 11.4 Å². The van der Waals surface area contributed by atoms with Gasteiger partial charge in [0.15, 0.2) is 12.5 Å². The number of rotatable bonds is 5. The van der Waals surface area contributed by atoms with Crippen molar-refractivity contribution in [1.82, 2.24) is 0 Å². The van der Waals surface area contributed by atoms with Crippen molar-refractivity contribution < 1.29 is 19.3 Å². The Morgan fingerprint density at radius 2 is 2.06 bits per heavy atom. The van der Waals surface area contributed by atoms with Gasteiger partial charge in [0.2, 0.25) is 0 Å². The number of Topliss-reactive ketones (excluding diaryl/α,β-unsaturated/α-hetero) is 1. The molecule has 0 aromatic heterocycles. The van der Waals surface area contributed by atoms with Crippen molar-refractivity contribution in [2.75, 3.05) is 21.0 Å². The summed E-state index contributed by atoms with van der Waals surface area (Å²) in [6.07, 6.45) is 0. The second-order valence-corrected chi connectivity index (χ2v) is 3.78. The highest BCUT2D eigenvalue weighted by Gasteiger charge is 2.16. The fourth-order valence-corrected chi connectivity index (χ4v) is 1.64. The molecule has 0 aliphatic carbocycles. The Morgan fingerprint density at radius 3 is 2.53 bits per heavy atom. The minimum absolute atomic E-state index is 0.0357. The fraction of sp³-hybridized carbons (Fsp3) is 0.417. The number of ether oxygens (including phenoxy) is 2.